The highest BCUT2D eigenvalue weighted by atomic mass is 35.5. The second kappa shape index (κ2) is 9.99. The zero-order chi connectivity index (χ0) is 22.9. The van der Waals surface area contributed by atoms with Gasteiger partial charge in [0.2, 0.25) is 5.78 Å². The Morgan fingerprint density at radius 2 is 1.76 bits per heavy atom. The van der Waals surface area contributed by atoms with Gasteiger partial charge in [0.15, 0.2) is 0 Å². The predicted octanol–water partition coefficient (Wildman–Crippen LogP) is 3.59. The lowest BCUT2D eigenvalue weighted by atomic mass is 9.84. The molecule has 178 valence electrons. The van der Waals surface area contributed by atoms with E-state index >= 15 is 0 Å². The molecule has 3 aliphatic rings. The Morgan fingerprint density at radius 1 is 1.03 bits per heavy atom. The summed E-state index contributed by atoms with van der Waals surface area (Å²) in [4.78, 5) is 41.9. The van der Waals surface area contributed by atoms with Crippen molar-refractivity contribution in [2.45, 2.75) is 25.8 Å². The summed E-state index contributed by atoms with van der Waals surface area (Å²) in [7, 11) is 0. The third-order valence-electron chi connectivity index (χ3n) is 6.77. The highest BCUT2D eigenvalue weighted by Gasteiger charge is 2.35. The van der Waals surface area contributed by atoms with Crippen molar-refractivity contribution in [1.29, 1.82) is 0 Å². The van der Waals surface area contributed by atoms with Crippen molar-refractivity contribution >= 4 is 35.6 Å². The van der Waals surface area contributed by atoms with Gasteiger partial charge in [0.05, 0.1) is 28.9 Å². The minimum atomic E-state index is -0.551. The van der Waals surface area contributed by atoms with Crippen molar-refractivity contribution in [3.63, 3.8) is 0 Å². The molecule has 3 fully saturated rings. The number of ether oxygens (including phenoxy) is 1. The molecule has 1 amide bonds. The number of hydrogen-bond donors (Lipinski definition) is 1. The average molecular weight is 482 g/mol. The summed E-state index contributed by atoms with van der Waals surface area (Å²) in [5.74, 6) is -0.534. The van der Waals surface area contributed by atoms with E-state index < -0.39 is 5.97 Å². The second-order valence-corrected chi connectivity index (χ2v) is 8.72. The Balaban J connectivity index is 0.00000274. The van der Waals surface area contributed by atoms with Crippen molar-refractivity contribution in [3.8, 4) is 0 Å². The fourth-order valence-electron chi connectivity index (χ4n) is 5.09. The molecular weight excluding hydrogens is 454 g/mol. The topological polar surface area (TPSA) is 80.1 Å². The Morgan fingerprint density at radius 3 is 2.41 bits per heavy atom. The molecule has 2 bridgehead atoms. The first-order valence-corrected chi connectivity index (χ1v) is 11.5. The largest absolute Gasteiger partial charge is 0.462 e. The maximum Gasteiger partial charge on any atom is 0.340 e. The minimum Gasteiger partial charge on any atom is -0.462 e. The molecule has 3 aromatic rings. The molecule has 0 aliphatic carbocycles. The smallest absolute Gasteiger partial charge is 0.340 e. The summed E-state index contributed by atoms with van der Waals surface area (Å²) in [5.41, 5.74) is 1.81. The number of carbonyl (C=O) groups excluding carboxylic acids is 3. The summed E-state index contributed by atoms with van der Waals surface area (Å²) >= 11 is 0. The molecule has 2 aromatic heterocycles. The molecule has 0 unspecified atom stereocenters. The van der Waals surface area contributed by atoms with E-state index in [1.54, 1.807) is 53.9 Å². The molecule has 7 nitrogen and oxygen atoms in total. The first-order chi connectivity index (χ1) is 16.1. The number of aromatic nitrogens is 1. The van der Waals surface area contributed by atoms with Crippen LogP contribution in [0, 0.1) is 5.92 Å². The van der Waals surface area contributed by atoms with Crippen molar-refractivity contribution in [2.24, 2.45) is 5.92 Å². The number of halogens is 1. The van der Waals surface area contributed by atoms with Gasteiger partial charge in [-0.15, -0.1) is 12.4 Å². The Kier molecular flexibility index (Phi) is 7.05. The van der Waals surface area contributed by atoms with Crippen molar-refractivity contribution in [1.82, 2.24) is 14.6 Å². The van der Waals surface area contributed by atoms with Crippen LogP contribution in [0.15, 0.2) is 54.7 Å². The van der Waals surface area contributed by atoms with Crippen LogP contribution < -0.4 is 5.32 Å². The van der Waals surface area contributed by atoms with Crippen LogP contribution in [0.25, 0.3) is 5.52 Å². The number of esters is 1. The van der Waals surface area contributed by atoms with Gasteiger partial charge in [0.1, 0.15) is 0 Å². The van der Waals surface area contributed by atoms with Crippen LogP contribution in [0.5, 0.6) is 0 Å². The summed E-state index contributed by atoms with van der Waals surface area (Å²) in [6.45, 7) is 4.95. The van der Waals surface area contributed by atoms with E-state index in [9.17, 15) is 14.4 Å². The maximum atomic E-state index is 13.4. The highest BCUT2D eigenvalue weighted by molar-refractivity contribution is 6.14. The van der Waals surface area contributed by atoms with Gasteiger partial charge in [0, 0.05) is 24.3 Å². The lowest BCUT2D eigenvalue weighted by molar-refractivity contribution is 0.0528. The molecular formula is C26H28ClN3O4. The quantitative estimate of drug-likeness (QED) is 0.430. The monoisotopic (exact) mass is 481 g/mol. The number of nitrogens with one attached hydrogen (secondary N) is 1. The van der Waals surface area contributed by atoms with Crippen molar-refractivity contribution < 1.29 is 19.1 Å². The predicted molar refractivity (Wildman–Crippen MR) is 131 cm³/mol. The van der Waals surface area contributed by atoms with Crippen LogP contribution in [0.4, 0.5) is 0 Å². The number of amides is 1. The van der Waals surface area contributed by atoms with Crippen LogP contribution in [-0.4, -0.2) is 59.2 Å². The number of benzene rings is 1. The zero-order valence-corrected chi connectivity index (χ0v) is 19.8. The number of ketones is 1. The van der Waals surface area contributed by atoms with E-state index in [1.807, 2.05) is 6.07 Å². The molecule has 1 aromatic carbocycles. The van der Waals surface area contributed by atoms with Crippen LogP contribution in [0.1, 0.15) is 56.5 Å². The van der Waals surface area contributed by atoms with Gasteiger partial charge in [-0.2, -0.15) is 0 Å². The third-order valence-corrected chi connectivity index (χ3v) is 6.77. The fourth-order valence-corrected chi connectivity index (χ4v) is 5.09. The highest BCUT2D eigenvalue weighted by Crippen LogP contribution is 2.29. The van der Waals surface area contributed by atoms with Crippen LogP contribution in [-0.2, 0) is 4.74 Å². The van der Waals surface area contributed by atoms with Gasteiger partial charge in [-0.3, -0.25) is 9.59 Å². The molecule has 3 saturated heterocycles. The summed E-state index contributed by atoms with van der Waals surface area (Å²) in [6, 6.07) is 13.9. The molecule has 1 atom stereocenters. The van der Waals surface area contributed by atoms with E-state index in [-0.39, 0.29) is 42.3 Å². The SMILES string of the molecule is CCOC(=O)c1cc(C(=O)c2ccccc2)n2cccc(C(=O)N[C@H]3CN4CCC3CC4)c12.Cl. The lowest BCUT2D eigenvalue weighted by Crippen LogP contribution is -2.57. The van der Waals surface area contributed by atoms with Crippen LogP contribution in [0.2, 0.25) is 0 Å². The number of rotatable bonds is 6. The first kappa shape index (κ1) is 24.0. The maximum absolute atomic E-state index is 13.4. The fraction of sp³-hybridized carbons (Fsp3) is 0.346. The molecule has 6 rings (SSSR count). The summed E-state index contributed by atoms with van der Waals surface area (Å²) in [6.07, 6.45) is 3.88. The third kappa shape index (κ3) is 4.33. The number of carbonyl (C=O) groups is 3. The number of pyridine rings is 1. The molecule has 8 heteroatoms. The van der Waals surface area contributed by atoms with E-state index in [2.05, 4.69) is 10.2 Å². The van der Waals surface area contributed by atoms with Crippen molar-refractivity contribution in [2.75, 3.05) is 26.2 Å². The van der Waals surface area contributed by atoms with Crippen LogP contribution in [0.3, 0.4) is 0 Å². The second-order valence-electron chi connectivity index (χ2n) is 8.72. The molecule has 5 heterocycles. The Bertz CT molecular complexity index is 1220. The van der Waals surface area contributed by atoms with E-state index in [0.29, 0.717) is 28.3 Å². The van der Waals surface area contributed by atoms with E-state index in [4.69, 9.17) is 4.74 Å². The number of hydrogen-bond acceptors (Lipinski definition) is 5. The van der Waals surface area contributed by atoms with Gasteiger partial charge < -0.3 is 19.4 Å². The molecule has 1 N–H and O–H groups in total. The van der Waals surface area contributed by atoms with Gasteiger partial charge in [0.25, 0.3) is 5.91 Å². The van der Waals surface area contributed by atoms with Gasteiger partial charge >= 0.3 is 5.97 Å². The normalized spacial score (nSPS) is 21.0. The van der Waals surface area contributed by atoms with Crippen molar-refractivity contribution in [3.05, 3.63) is 77.1 Å². The Hall–Kier alpha value is -3.16. The average Bonchev–Trinajstić information content (AvgIpc) is 3.25. The number of fused-ring (bicyclic) bond motifs is 4. The van der Waals surface area contributed by atoms with E-state index in [0.717, 1.165) is 32.5 Å². The molecule has 0 radical (unpaired) electrons. The summed E-state index contributed by atoms with van der Waals surface area (Å²) < 4.78 is 6.89. The lowest BCUT2D eigenvalue weighted by Gasteiger charge is -2.44. The standard InChI is InChI=1S/C26H27N3O4.ClH/c1-2-33-26(32)20-15-22(24(30)18-7-4-3-5-8-18)29-12-6-9-19(23(20)29)25(31)27-21-16-28-13-10-17(21)11-14-28;/h3-9,12,15,17,21H,2,10-11,13-14,16H2,1H3,(H,27,31);1H/t21-;/m0./s1. The number of piperidine rings is 3. The molecule has 3 aliphatic heterocycles. The molecule has 0 spiro atoms. The first-order valence-electron chi connectivity index (χ1n) is 11.5. The number of nitrogens with zero attached hydrogens (tertiary/aromatic N) is 2. The Labute approximate surface area is 204 Å². The minimum absolute atomic E-state index is 0. The van der Waals surface area contributed by atoms with Gasteiger partial charge in [-0.25, -0.2) is 4.79 Å². The summed E-state index contributed by atoms with van der Waals surface area (Å²) in [5, 5.41) is 3.20. The van der Waals surface area contributed by atoms with Gasteiger partial charge in [-0.05, 0) is 57.0 Å². The van der Waals surface area contributed by atoms with E-state index in [1.165, 1.54) is 6.07 Å². The van der Waals surface area contributed by atoms with Crippen LogP contribution >= 0.6 is 12.4 Å². The molecule has 34 heavy (non-hydrogen) atoms. The van der Waals surface area contributed by atoms with Gasteiger partial charge in [-0.1, -0.05) is 30.3 Å². The molecule has 0 saturated carbocycles. The zero-order valence-electron chi connectivity index (χ0n) is 19.0.